The average molecular weight is 349 g/mol. The van der Waals surface area contributed by atoms with Crippen LogP contribution in [-0.4, -0.2) is 40.0 Å². The van der Waals surface area contributed by atoms with Crippen LogP contribution in [0.4, 0.5) is 0 Å². The number of aromatic amines is 1. The average Bonchev–Trinajstić information content (AvgIpc) is 3.04. The van der Waals surface area contributed by atoms with Gasteiger partial charge in [-0.3, -0.25) is 15.3 Å². The van der Waals surface area contributed by atoms with Crippen molar-refractivity contribution in [1.29, 1.82) is 10.7 Å². The highest BCUT2D eigenvalue weighted by molar-refractivity contribution is 5.94. The number of hydrogen-bond donors (Lipinski definition) is 2. The van der Waals surface area contributed by atoms with Gasteiger partial charge in [-0.1, -0.05) is 18.2 Å². The van der Waals surface area contributed by atoms with E-state index in [0.29, 0.717) is 37.4 Å². The zero-order valence-electron chi connectivity index (χ0n) is 14.5. The van der Waals surface area contributed by atoms with Gasteiger partial charge in [0.25, 0.3) is 5.91 Å². The van der Waals surface area contributed by atoms with Gasteiger partial charge in [-0.15, -0.1) is 5.10 Å². The first kappa shape index (κ1) is 16.3. The number of nitrogens with zero attached hydrogens (tertiary/aromatic N) is 3. The first-order valence-corrected chi connectivity index (χ1v) is 8.62. The van der Waals surface area contributed by atoms with Crippen LogP contribution in [0.3, 0.4) is 0 Å². The summed E-state index contributed by atoms with van der Waals surface area (Å²) in [5.41, 5.74) is 1.87. The molecule has 0 radical (unpaired) electrons. The highest BCUT2D eigenvalue weighted by Gasteiger charge is 2.53. The van der Waals surface area contributed by atoms with Crippen LogP contribution in [0, 0.1) is 29.6 Å². The first-order chi connectivity index (χ1) is 12.6. The van der Waals surface area contributed by atoms with E-state index < -0.39 is 11.3 Å². The molecule has 1 atom stereocenters. The largest absolute Gasteiger partial charge is 0.422 e. The number of nitrogens with one attached hydrogen (secondary N) is 2. The second kappa shape index (κ2) is 5.99. The molecule has 2 aliphatic heterocycles. The van der Waals surface area contributed by atoms with Gasteiger partial charge in [-0.2, -0.15) is 5.26 Å². The molecule has 3 heterocycles. The maximum Gasteiger partial charge on any atom is 0.253 e. The number of piperidine rings is 1. The number of ether oxygens (including phenoxy) is 1. The van der Waals surface area contributed by atoms with Crippen molar-refractivity contribution in [2.45, 2.75) is 25.2 Å². The van der Waals surface area contributed by atoms with Crippen LogP contribution in [0.25, 0.3) is 0 Å². The topological polar surface area (TPSA) is 106 Å². The van der Waals surface area contributed by atoms with Gasteiger partial charge >= 0.3 is 0 Å². The number of aromatic nitrogens is 2. The number of likely N-dealkylation sites (tertiary alicyclic amines) is 1. The van der Waals surface area contributed by atoms with E-state index in [0.717, 1.165) is 11.3 Å². The Balaban J connectivity index is 1.65. The second-order valence-corrected chi connectivity index (χ2v) is 6.87. The molecule has 2 N–H and O–H groups in total. The van der Waals surface area contributed by atoms with Gasteiger partial charge in [0.05, 0.1) is 6.07 Å². The Kier molecular flexibility index (Phi) is 3.76. The van der Waals surface area contributed by atoms with Crippen molar-refractivity contribution in [2.75, 3.05) is 13.1 Å². The van der Waals surface area contributed by atoms with E-state index in [1.165, 1.54) is 0 Å². The molecule has 1 aromatic heterocycles. The number of benzene rings is 1. The van der Waals surface area contributed by atoms with E-state index in [9.17, 15) is 10.1 Å². The molecule has 7 nitrogen and oxygen atoms in total. The molecule has 1 saturated heterocycles. The Morgan fingerprint density at radius 1 is 1.38 bits per heavy atom. The van der Waals surface area contributed by atoms with Crippen molar-refractivity contribution in [2.24, 2.45) is 5.92 Å². The summed E-state index contributed by atoms with van der Waals surface area (Å²) in [7, 11) is 0. The monoisotopic (exact) mass is 349 g/mol. The van der Waals surface area contributed by atoms with Gasteiger partial charge in [0.1, 0.15) is 5.92 Å². The molecule has 1 fully saturated rings. The fraction of sp³-hybridized carbons (Fsp3) is 0.368. The van der Waals surface area contributed by atoms with Crippen molar-refractivity contribution in [3.05, 3.63) is 47.2 Å². The Bertz CT molecular complexity index is 904. The summed E-state index contributed by atoms with van der Waals surface area (Å²) in [5.74, 6) is -0.336. The highest BCUT2D eigenvalue weighted by Crippen LogP contribution is 2.49. The van der Waals surface area contributed by atoms with Crippen LogP contribution in [0.5, 0.6) is 5.88 Å². The molecule has 7 heteroatoms. The van der Waals surface area contributed by atoms with Crippen LogP contribution in [-0.2, 0) is 5.41 Å². The van der Waals surface area contributed by atoms with Crippen molar-refractivity contribution < 1.29 is 9.53 Å². The lowest BCUT2D eigenvalue weighted by Gasteiger charge is -2.46. The number of rotatable bonds is 1. The van der Waals surface area contributed by atoms with E-state index in [2.05, 4.69) is 16.3 Å². The molecule has 132 valence electrons. The molecule has 26 heavy (non-hydrogen) atoms. The lowest BCUT2D eigenvalue weighted by Crippen LogP contribution is -2.52. The molecule has 1 aromatic carbocycles. The second-order valence-electron chi connectivity index (χ2n) is 6.87. The van der Waals surface area contributed by atoms with Gasteiger partial charge in [-0.25, -0.2) is 0 Å². The number of H-pyrrole nitrogens is 1. The summed E-state index contributed by atoms with van der Waals surface area (Å²) in [6.45, 7) is 2.97. The van der Waals surface area contributed by atoms with E-state index in [-0.39, 0.29) is 11.8 Å². The maximum absolute atomic E-state index is 12.7. The molecule has 0 bridgehead atoms. The predicted octanol–water partition coefficient (Wildman–Crippen LogP) is 2.40. The molecule has 0 aliphatic carbocycles. The minimum atomic E-state index is -0.666. The quantitative estimate of drug-likeness (QED) is 0.824. The standard InChI is InChI=1S/C19H19N5O2/c1-12-15-17(23-22-12)26-16(21)14(11-20)19(15)7-9-24(10-8-19)18(25)13-5-3-2-4-6-13/h2-6,14,21H,7-10H2,1H3,(H,22,23). The summed E-state index contributed by atoms with van der Waals surface area (Å²) in [6.07, 6.45) is 1.20. The number of aryl methyl sites for hydroxylation is 1. The van der Waals surface area contributed by atoms with Gasteiger partial charge < -0.3 is 9.64 Å². The number of hydrogen-bond acceptors (Lipinski definition) is 5. The summed E-state index contributed by atoms with van der Waals surface area (Å²) in [6, 6.07) is 11.5. The summed E-state index contributed by atoms with van der Waals surface area (Å²) < 4.78 is 5.47. The van der Waals surface area contributed by atoms with Crippen LogP contribution in [0.2, 0.25) is 0 Å². The zero-order chi connectivity index (χ0) is 18.3. The fourth-order valence-corrected chi connectivity index (χ4v) is 4.22. The third-order valence-corrected chi connectivity index (χ3v) is 5.53. The molecule has 1 amide bonds. The van der Waals surface area contributed by atoms with E-state index in [1.807, 2.05) is 42.2 Å². The maximum atomic E-state index is 12.7. The normalized spacial score (nSPS) is 21.0. The molecular formula is C19H19N5O2. The number of carbonyl (C=O) groups excluding carboxylic acids is 1. The van der Waals surface area contributed by atoms with Crippen LogP contribution >= 0.6 is 0 Å². The lowest BCUT2D eigenvalue weighted by molar-refractivity contribution is 0.0641. The van der Waals surface area contributed by atoms with Crippen LogP contribution in [0.15, 0.2) is 30.3 Å². The zero-order valence-corrected chi connectivity index (χ0v) is 14.5. The number of fused-ring (bicyclic) bond motifs is 2. The Labute approximate surface area is 151 Å². The van der Waals surface area contributed by atoms with E-state index in [1.54, 1.807) is 0 Å². The predicted molar refractivity (Wildman–Crippen MR) is 94.0 cm³/mol. The van der Waals surface area contributed by atoms with Gasteiger partial charge in [0, 0.05) is 35.3 Å². The van der Waals surface area contributed by atoms with Gasteiger partial charge in [0.15, 0.2) is 0 Å². The summed E-state index contributed by atoms with van der Waals surface area (Å²) in [5, 5.41) is 24.9. The first-order valence-electron chi connectivity index (χ1n) is 8.62. The van der Waals surface area contributed by atoms with Crippen molar-refractivity contribution in [1.82, 2.24) is 15.1 Å². The van der Waals surface area contributed by atoms with Crippen molar-refractivity contribution in [3.8, 4) is 11.9 Å². The minimum absolute atomic E-state index is 0.000215. The van der Waals surface area contributed by atoms with Gasteiger partial charge in [0.2, 0.25) is 11.8 Å². The summed E-state index contributed by atoms with van der Waals surface area (Å²) in [4.78, 5) is 14.5. The Morgan fingerprint density at radius 2 is 2.08 bits per heavy atom. The van der Waals surface area contributed by atoms with Crippen molar-refractivity contribution in [3.63, 3.8) is 0 Å². The van der Waals surface area contributed by atoms with Gasteiger partial charge in [-0.05, 0) is 31.9 Å². The lowest BCUT2D eigenvalue weighted by atomic mass is 9.63. The minimum Gasteiger partial charge on any atom is -0.422 e. The number of nitriles is 1. The van der Waals surface area contributed by atoms with E-state index >= 15 is 0 Å². The molecule has 2 aliphatic rings. The fourth-order valence-electron chi connectivity index (χ4n) is 4.22. The molecule has 1 spiro atoms. The van der Waals surface area contributed by atoms with Crippen molar-refractivity contribution >= 4 is 11.8 Å². The molecule has 4 rings (SSSR count). The third kappa shape index (κ3) is 2.30. The van der Waals surface area contributed by atoms with Crippen LogP contribution < -0.4 is 4.74 Å². The number of amides is 1. The molecule has 1 unspecified atom stereocenters. The highest BCUT2D eigenvalue weighted by atomic mass is 16.5. The van der Waals surface area contributed by atoms with E-state index in [4.69, 9.17) is 10.1 Å². The smallest absolute Gasteiger partial charge is 0.253 e. The Morgan fingerprint density at radius 3 is 2.73 bits per heavy atom. The third-order valence-electron chi connectivity index (χ3n) is 5.53. The molecular weight excluding hydrogens is 330 g/mol. The van der Waals surface area contributed by atoms with Crippen LogP contribution in [0.1, 0.15) is 34.5 Å². The molecule has 0 saturated carbocycles. The number of carbonyl (C=O) groups is 1. The summed E-state index contributed by atoms with van der Waals surface area (Å²) >= 11 is 0. The molecule has 2 aromatic rings. The SMILES string of the molecule is Cc1[nH]nc2c1C1(CCN(C(=O)c3ccccc3)CC1)C(C#N)C(=N)O2. The Hall–Kier alpha value is -3.14.